The molecule has 2 amide bonds. The molecule has 1 spiro atoms. The van der Waals surface area contributed by atoms with Crippen LogP contribution in [-0.2, 0) is 23.8 Å². The van der Waals surface area contributed by atoms with Crippen molar-refractivity contribution in [3.8, 4) is 0 Å². The molecular formula is C19H32N2O6. The molecular weight excluding hydrogens is 352 g/mol. The lowest BCUT2D eigenvalue weighted by molar-refractivity contribution is -0.157. The molecule has 2 saturated heterocycles. The molecule has 0 unspecified atom stereocenters. The highest BCUT2D eigenvalue weighted by atomic mass is 16.6. The van der Waals surface area contributed by atoms with Crippen molar-refractivity contribution >= 4 is 18.0 Å². The Bertz CT molecular complexity index is 577. The minimum atomic E-state index is -0.853. The second-order valence-electron chi connectivity index (χ2n) is 8.49. The van der Waals surface area contributed by atoms with Gasteiger partial charge in [-0.3, -0.25) is 9.59 Å². The number of ether oxygens (including phenoxy) is 3. The number of hydrogen-bond donors (Lipinski definition) is 0. The number of likely N-dealkylation sites (N-methyl/N-ethyl adjacent to an activating group) is 1. The van der Waals surface area contributed by atoms with E-state index in [9.17, 15) is 14.4 Å². The largest absolute Gasteiger partial charge is 0.466 e. The normalized spacial score (nSPS) is 25.0. The summed E-state index contributed by atoms with van der Waals surface area (Å²) in [6, 6.07) is 0. The van der Waals surface area contributed by atoms with Gasteiger partial charge in [-0.2, -0.15) is 0 Å². The van der Waals surface area contributed by atoms with E-state index >= 15 is 0 Å². The first kappa shape index (κ1) is 21.5. The zero-order valence-electron chi connectivity index (χ0n) is 17.2. The van der Waals surface area contributed by atoms with E-state index in [1.165, 1.54) is 7.11 Å². The van der Waals surface area contributed by atoms with Crippen LogP contribution in [0.25, 0.3) is 0 Å². The van der Waals surface area contributed by atoms with E-state index in [2.05, 4.69) is 0 Å². The van der Waals surface area contributed by atoms with E-state index in [4.69, 9.17) is 14.2 Å². The summed E-state index contributed by atoms with van der Waals surface area (Å²) in [7, 11) is 3.13. The van der Waals surface area contributed by atoms with Gasteiger partial charge < -0.3 is 24.0 Å². The van der Waals surface area contributed by atoms with Gasteiger partial charge in [0.1, 0.15) is 5.92 Å². The standard InChI is InChI=1S/C19H32N2O6/c1-7-26-16(23)13-14(25-6)15(22)20(5)19(13)8-10-21(11-9-19)17(24)27-12-18(2,3)4/h13-14H,7-12H2,1-6H3/t13-,14+/m0/s1. The first-order valence-corrected chi connectivity index (χ1v) is 9.46. The van der Waals surface area contributed by atoms with Gasteiger partial charge in [0.15, 0.2) is 6.10 Å². The summed E-state index contributed by atoms with van der Waals surface area (Å²) in [5.41, 5.74) is -0.809. The summed E-state index contributed by atoms with van der Waals surface area (Å²) in [5.74, 6) is -1.35. The number of amides is 2. The van der Waals surface area contributed by atoms with Gasteiger partial charge in [-0.25, -0.2) is 4.79 Å². The minimum absolute atomic E-state index is 0.106. The summed E-state index contributed by atoms with van der Waals surface area (Å²) in [6.45, 7) is 9.13. The van der Waals surface area contributed by atoms with Crippen molar-refractivity contribution in [3.63, 3.8) is 0 Å². The van der Waals surface area contributed by atoms with Gasteiger partial charge in [0.25, 0.3) is 5.91 Å². The number of rotatable bonds is 4. The summed E-state index contributed by atoms with van der Waals surface area (Å²) >= 11 is 0. The lowest BCUT2D eigenvalue weighted by Gasteiger charge is -2.45. The summed E-state index contributed by atoms with van der Waals surface area (Å²) in [5, 5.41) is 0. The Morgan fingerprint density at radius 1 is 1.19 bits per heavy atom. The van der Waals surface area contributed by atoms with Gasteiger partial charge in [0, 0.05) is 27.2 Å². The van der Waals surface area contributed by atoms with E-state index in [1.54, 1.807) is 23.8 Å². The van der Waals surface area contributed by atoms with Crippen molar-refractivity contribution in [2.45, 2.75) is 52.2 Å². The highest BCUT2D eigenvalue weighted by molar-refractivity contribution is 5.93. The van der Waals surface area contributed by atoms with Crippen LogP contribution in [0.4, 0.5) is 4.79 Å². The number of nitrogens with zero attached hydrogens (tertiary/aromatic N) is 2. The van der Waals surface area contributed by atoms with Crippen molar-refractivity contribution in [1.29, 1.82) is 0 Å². The number of likely N-dealkylation sites (tertiary alicyclic amines) is 2. The lowest BCUT2D eigenvalue weighted by Crippen LogP contribution is -2.57. The molecule has 2 aliphatic rings. The van der Waals surface area contributed by atoms with Crippen molar-refractivity contribution in [1.82, 2.24) is 9.80 Å². The van der Waals surface area contributed by atoms with Crippen molar-refractivity contribution in [2.75, 3.05) is 40.5 Å². The Labute approximate surface area is 161 Å². The van der Waals surface area contributed by atoms with Crippen molar-refractivity contribution in [2.24, 2.45) is 11.3 Å². The first-order valence-electron chi connectivity index (χ1n) is 9.46. The van der Waals surface area contributed by atoms with E-state index in [-0.39, 0.29) is 24.0 Å². The number of methoxy groups -OCH3 is 1. The second kappa shape index (κ2) is 8.04. The van der Waals surface area contributed by atoms with Gasteiger partial charge in [-0.05, 0) is 25.2 Å². The molecule has 8 nitrogen and oxygen atoms in total. The predicted molar refractivity (Wildman–Crippen MR) is 98.0 cm³/mol. The molecule has 0 saturated carbocycles. The molecule has 0 radical (unpaired) electrons. The van der Waals surface area contributed by atoms with Crippen LogP contribution < -0.4 is 0 Å². The maximum absolute atomic E-state index is 12.6. The van der Waals surface area contributed by atoms with Crippen LogP contribution in [0.15, 0.2) is 0 Å². The summed E-state index contributed by atoms with van der Waals surface area (Å²) in [6.07, 6.45) is -0.261. The van der Waals surface area contributed by atoms with Crippen LogP contribution in [0.5, 0.6) is 0 Å². The lowest BCUT2D eigenvalue weighted by atomic mass is 9.76. The maximum Gasteiger partial charge on any atom is 0.409 e. The Morgan fingerprint density at radius 3 is 2.26 bits per heavy atom. The third-order valence-electron chi connectivity index (χ3n) is 5.43. The number of piperidine rings is 1. The van der Waals surface area contributed by atoms with E-state index in [0.717, 1.165) is 0 Å². The minimum Gasteiger partial charge on any atom is -0.466 e. The average molecular weight is 384 g/mol. The average Bonchev–Trinajstić information content (AvgIpc) is 2.81. The van der Waals surface area contributed by atoms with Crippen LogP contribution >= 0.6 is 0 Å². The Balaban J connectivity index is 2.13. The zero-order chi connectivity index (χ0) is 20.4. The molecule has 0 N–H and O–H groups in total. The number of esters is 1. The molecule has 0 bridgehead atoms. The Kier molecular flexibility index (Phi) is 6.39. The Hall–Kier alpha value is -1.83. The highest BCUT2D eigenvalue weighted by Crippen LogP contribution is 2.44. The molecule has 27 heavy (non-hydrogen) atoms. The van der Waals surface area contributed by atoms with Gasteiger partial charge >= 0.3 is 12.1 Å². The van der Waals surface area contributed by atoms with Crippen LogP contribution in [0.3, 0.4) is 0 Å². The number of hydrogen-bond acceptors (Lipinski definition) is 6. The third kappa shape index (κ3) is 4.20. The molecule has 0 aromatic carbocycles. The molecule has 2 aliphatic heterocycles. The molecule has 8 heteroatoms. The van der Waals surface area contributed by atoms with Crippen LogP contribution in [0.2, 0.25) is 0 Å². The van der Waals surface area contributed by atoms with Crippen LogP contribution in [0.1, 0.15) is 40.5 Å². The SMILES string of the molecule is CCOC(=O)[C@@H]1[C@@H](OC)C(=O)N(C)C12CCN(C(=O)OCC(C)(C)C)CC2. The van der Waals surface area contributed by atoms with Crippen molar-refractivity contribution in [3.05, 3.63) is 0 Å². The summed E-state index contributed by atoms with van der Waals surface area (Å²) < 4.78 is 16.0. The molecule has 2 heterocycles. The smallest absolute Gasteiger partial charge is 0.409 e. The fraction of sp³-hybridized carbons (Fsp3) is 0.842. The zero-order valence-corrected chi connectivity index (χ0v) is 17.2. The fourth-order valence-electron chi connectivity index (χ4n) is 3.95. The van der Waals surface area contributed by atoms with Gasteiger partial charge in [-0.15, -0.1) is 0 Å². The quantitative estimate of drug-likeness (QED) is 0.686. The fourth-order valence-corrected chi connectivity index (χ4v) is 3.95. The first-order chi connectivity index (χ1) is 12.6. The topological polar surface area (TPSA) is 85.4 Å². The van der Waals surface area contributed by atoms with Gasteiger partial charge in [-0.1, -0.05) is 20.8 Å². The van der Waals surface area contributed by atoms with Gasteiger partial charge in [0.05, 0.1) is 18.8 Å². The molecule has 0 aromatic heterocycles. The second-order valence-corrected chi connectivity index (χ2v) is 8.49. The molecule has 2 atom stereocenters. The number of carbonyl (C=O) groups is 3. The number of carbonyl (C=O) groups excluding carboxylic acids is 3. The highest BCUT2D eigenvalue weighted by Gasteiger charge is 2.62. The predicted octanol–water partition coefficient (Wildman–Crippen LogP) is 1.67. The summed E-state index contributed by atoms with van der Waals surface area (Å²) in [4.78, 5) is 40.9. The van der Waals surface area contributed by atoms with E-state index < -0.39 is 23.5 Å². The molecule has 2 fully saturated rings. The monoisotopic (exact) mass is 384 g/mol. The van der Waals surface area contributed by atoms with Gasteiger partial charge in [0.2, 0.25) is 0 Å². The molecule has 0 aliphatic carbocycles. The third-order valence-corrected chi connectivity index (χ3v) is 5.43. The van der Waals surface area contributed by atoms with E-state index in [1.807, 2.05) is 20.8 Å². The van der Waals surface area contributed by atoms with E-state index in [0.29, 0.717) is 32.5 Å². The van der Waals surface area contributed by atoms with Crippen molar-refractivity contribution < 1.29 is 28.6 Å². The maximum atomic E-state index is 12.6. The Morgan fingerprint density at radius 2 is 1.78 bits per heavy atom. The van der Waals surface area contributed by atoms with Crippen LogP contribution in [0, 0.1) is 11.3 Å². The molecule has 2 rings (SSSR count). The molecule has 0 aromatic rings. The molecule has 154 valence electrons. The van der Waals surface area contributed by atoms with Crippen LogP contribution in [-0.4, -0.2) is 79.9 Å².